The fraction of sp³-hybridized carbons (Fsp3) is 1.00. The Morgan fingerprint density at radius 1 is 0.571 bits per heavy atom. The van der Waals surface area contributed by atoms with Crippen LogP contribution in [0.15, 0.2) is 0 Å². The SMILES string of the molecule is CCCCCC[O][Sn]([CH2]C)([CH2]CCC)[O]CCCCCC. The molecule has 2 nitrogen and oxygen atoms in total. The van der Waals surface area contributed by atoms with E-state index < -0.39 is 19.2 Å². The summed E-state index contributed by atoms with van der Waals surface area (Å²) >= 11 is -2.73. The van der Waals surface area contributed by atoms with E-state index in [1.54, 1.807) is 0 Å². The van der Waals surface area contributed by atoms with Gasteiger partial charge >= 0.3 is 139 Å². The first-order valence-corrected chi connectivity index (χ1v) is 15.9. The molecule has 0 N–H and O–H groups in total. The Labute approximate surface area is 139 Å². The number of rotatable bonds is 16. The third-order valence-electron chi connectivity index (χ3n) is 4.18. The van der Waals surface area contributed by atoms with Crippen LogP contribution in [0.3, 0.4) is 0 Å². The van der Waals surface area contributed by atoms with Crippen molar-refractivity contribution in [2.45, 2.75) is 101 Å². The minimum absolute atomic E-state index is 0.947. The van der Waals surface area contributed by atoms with E-state index in [4.69, 9.17) is 6.15 Å². The van der Waals surface area contributed by atoms with E-state index in [-0.39, 0.29) is 0 Å². The molecule has 0 aromatic carbocycles. The van der Waals surface area contributed by atoms with Crippen molar-refractivity contribution in [2.75, 3.05) is 13.2 Å². The van der Waals surface area contributed by atoms with Gasteiger partial charge in [-0.25, -0.2) is 0 Å². The number of hydrogen-bond donors (Lipinski definition) is 0. The summed E-state index contributed by atoms with van der Waals surface area (Å²) in [6.45, 7) is 11.0. The van der Waals surface area contributed by atoms with Crippen LogP contribution in [0.2, 0.25) is 8.87 Å². The van der Waals surface area contributed by atoms with Gasteiger partial charge in [-0.1, -0.05) is 0 Å². The zero-order chi connectivity index (χ0) is 15.8. The molecule has 0 fully saturated rings. The minimum atomic E-state index is -2.73. The van der Waals surface area contributed by atoms with Crippen molar-refractivity contribution in [1.29, 1.82) is 0 Å². The van der Waals surface area contributed by atoms with Gasteiger partial charge in [0.2, 0.25) is 0 Å². The molecule has 0 heterocycles. The van der Waals surface area contributed by atoms with Crippen molar-refractivity contribution in [3.63, 3.8) is 0 Å². The van der Waals surface area contributed by atoms with E-state index in [0.717, 1.165) is 13.2 Å². The summed E-state index contributed by atoms with van der Waals surface area (Å²) in [4.78, 5) is 0. The van der Waals surface area contributed by atoms with Crippen LogP contribution in [0, 0.1) is 0 Å². The van der Waals surface area contributed by atoms with Crippen molar-refractivity contribution in [3.8, 4) is 0 Å². The molecule has 0 aliphatic heterocycles. The Kier molecular flexibility index (Phi) is 16.1. The van der Waals surface area contributed by atoms with E-state index >= 15 is 0 Å². The number of hydrogen-bond acceptors (Lipinski definition) is 2. The Morgan fingerprint density at radius 2 is 1.05 bits per heavy atom. The predicted octanol–water partition coefficient (Wildman–Crippen LogP) is 6.44. The molecule has 0 aromatic rings. The summed E-state index contributed by atoms with van der Waals surface area (Å²) in [5, 5.41) is 0. The van der Waals surface area contributed by atoms with Crippen LogP contribution in [0.25, 0.3) is 0 Å². The maximum absolute atomic E-state index is 6.42. The Hall–Kier alpha value is 0.719. The molecule has 0 rings (SSSR count). The molecule has 0 aliphatic carbocycles. The van der Waals surface area contributed by atoms with Gasteiger partial charge in [0.15, 0.2) is 0 Å². The summed E-state index contributed by atoms with van der Waals surface area (Å²) < 4.78 is 15.3. The van der Waals surface area contributed by atoms with Crippen molar-refractivity contribution in [3.05, 3.63) is 0 Å². The van der Waals surface area contributed by atoms with Crippen molar-refractivity contribution in [2.24, 2.45) is 0 Å². The molecular weight excluding hydrogens is 367 g/mol. The molecule has 0 radical (unpaired) electrons. The predicted molar refractivity (Wildman–Crippen MR) is 96.1 cm³/mol. The molecule has 0 bridgehead atoms. The molecule has 21 heavy (non-hydrogen) atoms. The number of unbranched alkanes of at least 4 members (excludes halogenated alkanes) is 7. The van der Waals surface area contributed by atoms with Crippen LogP contribution in [-0.2, 0) is 6.15 Å². The summed E-state index contributed by atoms with van der Waals surface area (Å²) in [6.07, 6.45) is 12.9. The van der Waals surface area contributed by atoms with Gasteiger partial charge < -0.3 is 0 Å². The topological polar surface area (TPSA) is 18.5 Å². The van der Waals surface area contributed by atoms with Gasteiger partial charge in [0.1, 0.15) is 0 Å². The van der Waals surface area contributed by atoms with Crippen LogP contribution in [0.1, 0.15) is 91.9 Å². The third-order valence-corrected chi connectivity index (χ3v) is 14.6. The molecule has 3 heteroatoms. The summed E-state index contributed by atoms with van der Waals surface area (Å²) in [7, 11) is 0. The normalized spacial score (nSPS) is 12.0. The van der Waals surface area contributed by atoms with Crippen molar-refractivity contribution in [1.82, 2.24) is 0 Å². The summed E-state index contributed by atoms with van der Waals surface area (Å²) in [5.41, 5.74) is 0. The standard InChI is InChI=1S/2C6H13O.C4H9.C2H5.Sn/c2*1-2-3-4-5-6-7;1-3-4-2;1-2;/h2*2-6H2,1H3;1,3-4H2,2H3;1H2,2H3;/q2*-1;;;+2. The maximum atomic E-state index is 6.42. The molecule has 0 saturated heterocycles. The van der Waals surface area contributed by atoms with Gasteiger partial charge in [-0.3, -0.25) is 0 Å². The second-order valence-corrected chi connectivity index (χ2v) is 16.5. The van der Waals surface area contributed by atoms with Gasteiger partial charge in [-0.15, -0.1) is 0 Å². The second-order valence-electron chi connectivity index (χ2n) is 6.19. The van der Waals surface area contributed by atoms with Gasteiger partial charge in [-0.2, -0.15) is 0 Å². The fourth-order valence-corrected chi connectivity index (χ4v) is 11.3. The van der Waals surface area contributed by atoms with Crippen LogP contribution in [0.4, 0.5) is 0 Å². The summed E-state index contributed by atoms with van der Waals surface area (Å²) in [6, 6.07) is 0. The van der Waals surface area contributed by atoms with E-state index in [2.05, 4.69) is 27.7 Å². The van der Waals surface area contributed by atoms with E-state index in [1.165, 1.54) is 73.1 Å². The molecule has 0 spiro atoms. The molecule has 0 aliphatic rings. The van der Waals surface area contributed by atoms with Crippen LogP contribution >= 0.6 is 0 Å². The Bertz CT molecular complexity index is 195. The second kappa shape index (κ2) is 15.6. The third kappa shape index (κ3) is 11.9. The first-order valence-electron chi connectivity index (χ1n) is 9.52. The molecule has 0 amide bonds. The van der Waals surface area contributed by atoms with Crippen molar-refractivity contribution < 1.29 is 6.15 Å². The zero-order valence-corrected chi connectivity index (χ0v) is 18.1. The molecule has 0 unspecified atom stereocenters. The molecule has 0 aromatic heterocycles. The molecule has 128 valence electrons. The summed E-state index contributed by atoms with van der Waals surface area (Å²) in [5.74, 6) is 0. The first kappa shape index (κ1) is 21.7. The fourth-order valence-electron chi connectivity index (χ4n) is 2.59. The zero-order valence-electron chi connectivity index (χ0n) is 15.2. The average Bonchev–Trinajstić information content (AvgIpc) is 2.51. The van der Waals surface area contributed by atoms with Gasteiger partial charge in [0, 0.05) is 0 Å². The van der Waals surface area contributed by atoms with Crippen molar-refractivity contribution >= 4 is 19.2 Å². The van der Waals surface area contributed by atoms with Crippen LogP contribution < -0.4 is 0 Å². The Balaban J connectivity index is 4.11. The van der Waals surface area contributed by atoms with E-state index in [0.29, 0.717) is 0 Å². The molecular formula is C18H40O2Sn. The van der Waals surface area contributed by atoms with Crippen LogP contribution in [0.5, 0.6) is 0 Å². The van der Waals surface area contributed by atoms with E-state index in [1.807, 2.05) is 0 Å². The Morgan fingerprint density at radius 3 is 1.43 bits per heavy atom. The van der Waals surface area contributed by atoms with Gasteiger partial charge in [0.05, 0.1) is 0 Å². The van der Waals surface area contributed by atoms with Gasteiger partial charge in [0.25, 0.3) is 0 Å². The quantitative estimate of drug-likeness (QED) is 0.217. The van der Waals surface area contributed by atoms with E-state index in [9.17, 15) is 0 Å². The molecule has 0 saturated carbocycles. The first-order chi connectivity index (χ1) is 10.2. The average molecular weight is 407 g/mol. The van der Waals surface area contributed by atoms with Crippen LogP contribution in [-0.4, -0.2) is 32.4 Å². The monoisotopic (exact) mass is 408 g/mol. The molecule has 0 atom stereocenters. The van der Waals surface area contributed by atoms with Gasteiger partial charge in [-0.05, 0) is 0 Å².